The molecule has 1 N–H and O–H groups in total. The molecule has 0 aliphatic carbocycles. The van der Waals surface area contributed by atoms with Gasteiger partial charge in [-0.25, -0.2) is 0 Å². The minimum absolute atomic E-state index is 0.114. The first-order valence-electron chi connectivity index (χ1n) is 10.1. The molecule has 0 radical (unpaired) electrons. The van der Waals surface area contributed by atoms with Crippen LogP contribution in [0.5, 0.6) is 0 Å². The van der Waals surface area contributed by atoms with E-state index in [9.17, 15) is 8.42 Å². The van der Waals surface area contributed by atoms with E-state index in [2.05, 4.69) is 44.4 Å². The van der Waals surface area contributed by atoms with Crippen molar-refractivity contribution in [2.45, 2.75) is 64.2 Å². The number of rotatable bonds is 15. The maximum Gasteiger partial charge on any atom is 0.264 e. The standard InChI is InChI=1S/C21H37NO3S/c1-22(2,19-13-14-20-26(23,24)25)18-12-7-5-3-4-6-9-15-21-16-10-8-11-17-21/h8,10-11,16-17H,3-7,9,12-15,18-20H2,1-2H3/p+1. The topological polar surface area (TPSA) is 54.4 Å². The Balaban J connectivity index is 1.93. The van der Waals surface area contributed by atoms with Crippen LogP contribution in [-0.4, -0.2) is 50.4 Å². The molecule has 1 aromatic rings. The fourth-order valence-corrected chi connectivity index (χ4v) is 3.90. The molecular weight excluding hydrogens is 346 g/mol. The van der Waals surface area contributed by atoms with Crippen molar-refractivity contribution in [2.75, 3.05) is 32.9 Å². The Kier molecular flexibility index (Phi) is 11.1. The van der Waals surface area contributed by atoms with Gasteiger partial charge in [-0.3, -0.25) is 4.55 Å². The van der Waals surface area contributed by atoms with Gasteiger partial charge < -0.3 is 4.48 Å². The molecule has 0 saturated heterocycles. The smallest absolute Gasteiger partial charge is 0.264 e. The summed E-state index contributed by atoms with van der Waals surface area (Å²) in [5, 5.41) is 0. The van der Waals surface area contributed by atoms with E-state index >= 15 is 0 Å². The summed E-state index contributed by atoms with van der Waals surface area (Å²) in [5.41, 5.74) is 1.45. The van der Waals surface area contributed by atoms with Crippen molar-refractivity contribution >= 4 is 10.1 Å². The zero-order chi connectivity index (χ0) is 19.3. The van der Waals surface area contributed by atoms with Gasteiger partial charge in [0, 0.05) is 0 Å². The quantitative estimate of drug-likeness (QED) is 0.271. The molecule has 0 heterocycles. The van der Waals surface area contributed by atoms with Crippen LogP contribution >= 0.6 is 0 Å². The maximum atomic E-state index is 10.7. The molecule has 0 aromatic heterocycles. The fourth-order valence-electron chi connectivity index (χ4n) is 3.33. The molecule has 1 aromatic carbocycles. The van der Waals surface area contributed by atoms with Crippen LogP contribution in [0.3, 0.4) is 0 Å². The minimum Gasteiger partial charge on any atom is -0.328 e. The Hall–Kier alpha value is -0.910. The van der Waals surface area contributed by atoms with Gasteiger partial charge in [-0.2, -0.15) is 8.42 Å². The average Bonchev–Trinajstić information content (AvgIpc) is 2.57. The van der Waals surface area contributed by atoms with Crippen LogP contribution in [0.15, 0.2) is 30.3 Å². The van der Waals surface area contributed by atoms with Crippen LogP contribution in [0.2, 0.25) is 0 Å². The fraction of sp³-hybridized carbons (Fsp3) is 0.714. The van der Waals surface area contributed by atoms with Crippen LogP contribution in [0.25, 0.3) is 0 Å². The van der Waals surface area contributed by atoms with Crippen molar-refractivity contribution in [2.24, 2.45) is 0 Å². The molecule has 1 rings (SSSR count). The summed E-state index contributed by atoms with van der Waals surface area (Å²) in [5.74, 6) is -0.114. The second-order valence-electron chi connectivity index (χ2n) is 8.09. The van der Waals surface area contributed by atoms with E-state index in [0.29, 0.717) is 6.42 Å². The van der Waals surface area contributed by atoms with E-state index in [1.165, 1.54) is 56.9 Å². The van der Waals surface area contributed by atoms with Gasteiger partial charge in [0.1, 0.15) is 0 Å². The Morgan fingerprint density at radius 1 is 0.769 bits per heavy atom. The highest BCUT2D eigenvalue weighted by molar-refractivity contribution is 7.85. The molecule has 0 aliphatic heterocycles. The third-order valence-electron chi connectivity index (χ3n) is 4.99. The second kappa shape index (κ2) is 12.5. The van der Waals surface area contributed by atoms with Crippen molar-refractivity contribution in [3.63, 3.8) is 0 Å². The first kappa shape index (κ1) is 23.1. The Labute approximate surface area is 161 Å². The van der Waals surface area contributed by atoms with Gasteiger partial charge in [0.25, 0.3) is 10.1 Å². The van der Waals surface area contributed by atoms with E-state index in [1.54, 1.807) is 0 Å². The lowest BCUT2D eigenvalue weighted by Gasteiger charge is -2.29. The molecule has 0 atom stereocenters. The molecule has 0 aliphatic rings. The lowest BCUT2D eigenvalue weighted by molar-refractivity contribution is -0.890. The zero-order valence-electron chi connectivity index (χ0n) is 16.7. The summed E-state index contributed by atoms with van der Waals surface area (Å²) in [6.07, 6.45) is 11.7. The van der Waals surface area contributed by atoms with Gasteiger partial charge in [0.2, 0.25) is 0 Å². The molecule has 0 spiro atoms. The number of hydrogen-bond donors (Lipinski definition) is 1. The van der Waals surface area contributed by atoms with Gasteiger partial charge in [0.05, 0.1) is 32.9 Å². The molecule has 5 heteroatoms. The zero-order valence-corrected chi connectivity index (χ0v) is 17.5. The van der Waals surface area contributed by atoms with Crippen LogP contribution in [0.4, 0.5) is 0 Å². The number of quaternary nitrogens is 1. The van der Waals surface area contributed by atoms with Crippen LogP contribution in [0.1, 0.15) is 63.4 Å². The van der Waals surface area contributed by atoms with Gasteiger partial charge in [-0.15, -0.1) is 0 Å². The van der Waals surface area contributed by atoms with Gasteiger partial charge >= 0.3 is 0 Å². The van der Waals surface area contributed by atoms with Crippen LogP contribution in [0, 0.1) is 0 Å². The SMILES string of the molecule is C[N+](C)(CCCCCCCCCc1ccccc1)CCCCS(=O)(=O)O. The van der Waals surface area contributed by atoms with E-state index in [-0.39, 0.29) is 5.75 Å². The molecule has 0 saturated carbocycles. The second-order valence-corrected chi connectivity index (χ2v) is 9.66. The monoisotopic (exact) mass is 384 g/mol. The minimum atomic E-state index is -3.80. The van der Waals surface area contributed by atoms with E-state index in [4.69, 9.17) is 4.55 Å². The van der Waals surface area contributed by atoms with E-state index in [1.807, 2.05) is 0 Å². The van der Waals surface area contributed by atoms with Crippen molar-refractivity contribution in [3.05, 3.63) is 35.9 Å². The third kappa shape index (κ3) is 13.3. The van der Waals surface area contributed by atoms with Crippen molar-refractivity contribution < 1.29 is 17.5 Å². The molecule has 26 heavy (non-hydrogen) atoms. The molecule has 0 amide bonds. The van der Waals surface area contributed by atoms with Crippen molar-refractivity contribution in [3.8, 4) is 0 Å². The predicted octanol–water partition coefficient (Wildman–Crippen LogP) is 4.70. The van der Waals surface area contributed by atoms with E-state index in [0.717, 1.165) is 24.0 Å². The Morgan fingerprint density at radius 3 is 1.85 bits per heavy atom. The lowest BCUT2D eigenvalue weighted by atomic mass is 10.0. The lowest BCUT2D eigenvalue weighted by Crippen LogP contribution is -2.41. The molecule has 150 valence electrons. The van der Waals surface area contributed by atoms with Gasteiger partial charge in [-0.1, -0.05) is 56.0 Å². The maximum absolute atomic E-state index is 10.7. The number of benzene rings is 1. The molecule has 0 unspecified atom stereocenters. The first-order valence-corrected chi connectivity index (χ1v) is 11.7. The highest BCUT2D eigenvalue weighted by Crippen LogP contribution is 2.12. The van der Waals surface area contributed by atoms with Crippen LogP contribution in [-0.2, 0) is 16.5 Å². The van der Waals surface area contributed by atoms with Gasteiger partial charge in [-0.05, 0) is 44.1 Å². The van der Waals surface area contributed by atoms with Crippen molar-refractivity contribution in [1.82, 2.24) is 0 Å². The number of unbranched alkanes of at least 4 members (excludes halogenated alkanes) is 7. The largest absolute Gasteiger partial charge is 0.328 e. The molecule has 4 nitrogen and oxygen atoms in total. The highest BCUT2D eigenvalue weighted by Gasteiger charge is 2.14. The Bertz CT molecular complexity index is 570. The predicted molar refractivity (Wildman–Crippen MR) is 110 cm³/mol. The van der Waals surface area contributed by atoms with Crippen LogP contribution < -0.4 is 0 Å². The first-order chi connectivity index (χ1) is 12.3. The Morgan fingerprint density at radius 2 is 1.27 bits per heavy atom. The number of hydrogen-bond acceptors (Lipinski definition) is 2. The third-order valence-corrected chi connectivity index (χ3v) is 5.79. The molecule has 0 bridgehead atoms. The van der Waals surface area contributed by atoms with E-state index < -0.39 is 10.1 Å². The molecule has 0 fully saturated rings. The summed E-state index contributed by atoms with van der Waals surface area (Å²) < 4.78 is 31.1. The number of nitrogens with zero attached hydrogens (tertiary/aromatic N) is 1. The summed E-state index contributed by atoms with van der Waals surface area (Å²) >= 11 is 0. The van der Waals surface area contributed by atoms with Gasteiger partial charge in [0.15, 0.2) is 0 Å². The summed E-state index contributed by atoms with van der Waals surface area (Å²) in [6.45, 7) is 2.11. The summed E-state index contributed by atoms with van der Waals surface area (Å²) in [4.78, 5) is 0. The normalized spacial score (nSPS) is 12.4. The highest BCUT2D eigenvalue weighted by atomic mass is 32.2. The summed E-state index contributed by atoms with van der Waals surface area (Å²) in [7, 11) is 0.612. The number of aryl methyl sites for hydroxylation is 1. The summed E-state index contributed by atoms with van der Waals surface area (Å²) in [6, 6.07) is 10.7. The van der Waals surface area contributed by atoms with Crippen molar-refractivity contribution in [1.29, 1.82) is 0 Å². The molecular formula is C21H38NO3S+. The average molecular weight is 385 g/mol.